The van der Waals surface area contributed by atoms with Crippen LogP contribution < -0.4 is 5.32 Å². The Morgan fingerprint density at radius 2 is 2.23 bits per heavy atom. The molecule has 116 valence electrons. The molecule has 0 unspecified atom stereocenters. The summed E-state index contributed by atoms with van der Waals surface area (Å²) in [6, 6.07) is 10.1. The van der Waals surface area contributed by atoms with Gasteiger partial charge >= 0.3 is 0 Å². The van der Waals surface area contributed by atoms with Crippen molar-refractivity contribution in [2.24, 2.45) is 0 Å². The summed E-state index contributed by atoms with van der Waals surface area (Å²) in [7, 11) is 0. The maximum Gasteiger partial charge on any atom is 0.223 e. The van der Waals surface area contributed by atoms with Crippen molar-refractivity contribution in [1.29, 1.82) is 0 Å². The van der Waals surface area contributed by atoms with Crippen LogP contribution in [-0.2, 0) is 11.2 Å². The van der Waals surface area contributed by atoms with E-state index in [-0.39, 0.29) is 11.9 Å². The van der Waals surface area contributed by atoms with Gasteiger partial charge < -0.3 is 14.6 Å². The highest BCUT2D eigenvalue weighted by Gasteiger charge is 2.22. The monoisotopic (exact) mass is 299 g/mol. The summed E-state index contributed by atoms with van der Waals surface area (Å²) < 4.78 is 5.74. The molecule has 1 aliphatic rings. The first-order valence-electron chi connectivity index (χ1n) is 7.74. The average molecular weight is 299 g/mol. The minimum absolute atomic E-state index is 0.175. The van der Waals surface area contributed by atoms with Crippen molar-refractivity contribution in [2.75, 3.05) is 19.6 Å². The van der Waals surface area contributed by atoms with E-state index in [1.165, 1.54) is 0 Å². The van der Waals surface area contributed by atoms with Gasteiger partial charge in [0.05, 0.1) is 6.20 Å². The van der Waals surface area contributed by atoms with Crippen LogP contribution >= 0.6 is 0 Å². The van der Waals surface area contributed by atoms with Crippen LogP contribution in [0.25, 0.3) is 11.3 Å². The van der Waals surface area contributed by atoms with Gasteiger partial charge in [-0.2, -0.15) is 0 Å². The van der Waals surface area contributed by atoms with E-state index in [0.717, 1.165) is 31.0 Å². The van der Waals surface area contributed by atoms with E-state index in [9.17, 15) is 4.79 Å². The van der Waals surface area contributed by atoms with Gasteiger partial charge in [0.2, 0.25) is 5.91 Å². The van der Waals surface area contributed by atoms with E-state index >= 15 is 0 Å². The van der Waals surface area contributed by atoms with Crippen molar-refractivity contribution >= 4 is 5.91 Å². The van der Waals surface area contributed by atoms with Crippen LogP contribution in [0.1, 0.15) is 19.2 Å². The molecule has 3 rings (SSSR count). The molecule has 22 heavy (non-hydrogen) atoms. The van der Waals surface area contributed by atoms with Crippen molar-refractivity contribution in [1.82, 2.24) is 15.2 Å². The fraction of sp³-hybridized carbons (Fsp3) is 0.412. The Kier molecular flexibility index (Phi) is 4.53. The highest BCUT2D eigenvalue weighted by atomic mass is 16.4. The van der Waals surface area contributed by atoms with E-state index in [0.29, 0.717) is 18.7 Å². The number of nitrogens with zero attached hydrogens (tertiary/aromatic N) is 2. The molecule has 0 spiro atoms. The molecule has 1 saturated heterocycles. The number of benzene rings is 1. The van der Waals surface area contributed by atoms with E-state index in [2.05, 4.69) is 17.2 Å². The van der Waals surface area contributed by atoms with Crippen LogP contribution in [0.2, 0.25) is 0 Å². The van der Waals surface area contributed by atoms with Crippen LogP contribution in [0.15, 0.2) is 40.9 Å². The molecule has 1 fully saturated rings. The van der Waals surface area contributed by atoms with Crippen LogP contribution in [0.3, 0.4) is 0 Å². The summed E-state index contributed by atoms with van der Waals surface area (Å²) in [5.74, 6) is 1.54. The Bertz CT molecular complexity index is 624. The third-order valence-corrected chi connectivity index (χ3v) is 3.99. The van der Waals surface area contributed by atoms with Crippen LogP contribution in [0.5, 0.6) is 0 Å². The Morgan fingerprint density at radius 3 is 3.00 bits per heavy atom. The molecule has 0 bridgehead atoms. The van der Waals surface area contributed by atoms with Gasteiger partial charge in [0.25, 0.3) is 0 Å². The topological polar surface area (TPSA) is 58.4 Å². The van der Waals surface area contributed by atoms with Gasteiger partial charge in [-0.15, -0.1) is 0 Å². The third-order valence-electron chi connectivity index (χ3n) is 3.99. The molecule has 2 aromatic rings. The number of nitrogens with one attached hydrogen (secondary N) is 1. The third kappa shape index (κ3) is 3.36. The van der Waals surface area contributed by atoms with Gasteiger partial charge in [-0.3, -0.25) is 4.79 Å². The number of aryl methyl sites for hydroxylation is 1. The number of piperazine rings is 1. The summed E-state index contributed by atoms with van der Waals surface area (Å²) in [4.78, 5) is 18.5. The van der Waals surface area contributed by atoms with Gasteiger partial charge in [0.15, 0.2) is 11.7 Å². The fourth-order valence-corrected chi connectivity index (χ4v) is 2.73. The quantitative estimate of drug-likeness (QED) is 0.939. The predicted octanol–water partition coefficient (Wildman–Crippen LogP) is 2.09. The molecule has 0 radical (unpaired) electrons. The number of hydrogen-bond acceptors (Lipinski definition) is 4. The number of hydrogen-bond donors (Lipinski definition) is 1. The molecular weight excluding hydrogens is 278 g/mol. The minimum atomic E-state index is 0.175. The molecule has 5 nitrogen and oxygen atoms in total. The summed E-state index contributed by atoms with van der Waals surface area (Å²) in [5.41, 5.74) is 1.00. The van der Waals surface area contributed by atoms with E-state index in [1.807, 2.05) is 35.2 Å². The molecule has 1 atom stereocenters. The van der Waals surface area contributed by atoms with Gasteiger partial charge in [-0.05, 0) is 6.92 Å². The lowest BCUT2D eigenvalue weighted by molar-refractivity contribution is -0.134. The lowest BCUT2D eigenvalue weighted by Gasteiger charge is -2.34. The van der Waals surface area contributed by atoms with Crippen molar-refractivity contribution in [3.05, 3.63) is 42.4 Å². The highest BCUT2D eigenvalue weighted by molar-refractivity contribution is 5.76. The standard InChI is InChI=1S/C17H21N3O2/c1-13-11-18-9-10-20(13)17(21)8-7-16-19-12-15(22-16)14-5-3-2-4-6-14/h2-6,12-13,18H,7-11H2,1H3/t13-/m1/s1. The Balaban J connectivity index is 1.58. The Morgan fingerprint density at radius 1 is 1.41 bits per heavy atom. The SMILES string of the molecule is C[C@@H]1CNCCN1C(=O)CCc1ncc(-c2ccccc2)o1. The molecule has 1 N–H and O–H groups in total. The number of amides is 1. The van der Waals surface area contributed by atoms with E-state index in [4.69, 9.17) is 4.42 Å². The summed E-state index contributed by atoms with van der Waals surface area (Å²) >= 11 is 0. The van der Waals surface area contributed by atoms with Crippen molar-refractivity contribution in [3.8, 4) is 11.3 Å². The summed E-state index contributed by atoms with van der Waals surface area (Å²) in [6.07, 6.45) is 2.71. The second-order valence-electron chi connectivity index (χ2n) is 5.62. The van der Waals surface area contributed by atoms with Crippen molar-refractivity contribution in [2.45, 2.75) is 25.8 Å². The van der Waals surface area contributed by atoms with Gasteiger partial charge in [-0.25, -0.2) is 4.98 Å². The number of carbonyl (C=O) groups is 1. The minimum Gasteiger partial charge on any atom is -0.441 e. The first-order chi connectivity index (χ1) is 10.7. The molecule has 1 aromatic heterocycles. The van der Waals surface area contributed by atoms with Gasteiger partial charge in [-0.1, -0.05) is 30.3 Å². The first kappa shape index (κ1) is 14.8. The number of aromatic nitrogens is 1. The Labute approximate surface area is 130 Å². The molecule has 0 aliphatic carbocycles. The zero-order valence-electron chi connectivity index (χ0n) is 12.8. The first-order valence-corrected chi connectivity index (χ1v) is 7.74. The van der Waals surface area contributed by atoms with Gasteiger partial charge in [0, 0.05) is 44.1 Å². The second kappa shape index (κ2) is 6.75. The molecule has 1 aromatic carbocycles. The zero-order valence-corrected chi connectivity index (χ0v) is 12.8. The molecule has 1 amide bonds. The maximum atomic E-state index is 12.3. The second-order valence-corrected chi connectivity index (χ2v) is 5.62. The molecule has 0 saturated carbocycles. The average Bonchev–Trinajstić information content (AvgIpc) is 3.03. The van der Waals surface area contributed by atoms with Crippen LogP contribution in [-0.4, -0.2) is 41.5 Å². The van der Waals surface area contributed by atoms with Gasteiger partial charge in [0.1, 0.15) is 0 Å². The predicted molar refractivity (Wildman–Crippen MR) is 84.3 cm³/mol. The van der Waals surface area contributed by atoms with Crippen LogP contribution in [0.4, 0.5) is 0 Å². The number of rotatable bonds is 4. The largest absolute Gasteiger partial charge is 0.441 e. The lowest BCUT2D eigenvalue weighted by atomic mass is 10.2. The smallest absolute Gasteiger partial charge is 0.223 e. The Hall–Kier alpha value is -2.14. The molecular formula is C17H21N3O2. The number of oxazole rings is 1. The van der Waals surface area contributed by atoms with E-state index in [1.54, 1.807) is 6.20 Å². The highest BCUT2D eigenvalue weighted by Crippen LogP contribution is 2.20. The normalized spacial score (nSPS) is 18.4. The summed E-state index contributed by atoms with van der Waals surface area (Å²) in [6.45, 7) is 4.58. The fourth-order valence-electron chi connectivity index (χ4n) is 2.73. The lowest BCUT2D eigenvalue weighted by Crippen LogP contribution is -2.52. The maximum absolute atomic E-state index is 12.3. The zero-order chi connectivity index (χ0) is 15.4. The van der Waals surface area contributed by atoms with Crippen molar-refractivity contribution < 1.29 is 9.21 Å². The summed E-state index contributed by atoms with van der Waals surface area (Å²) in [5, 5.41) is 3.29. The number of carbonyl (C=O) groups excluding carboxylic acids is 1. The van der Waals surface area contributed by atoms with Crippen LogP contribution in [0, 0.1) is 0 Å². The van der Waals surface area contributed by atoms with E-state index < -0.39 is 0 Å². The molecule has 5 heteroatoms. The van der Waals surface area contributed by atoms with Crippen molar-refractivity contribution in [3.63, 3.8) is 0 Å². The molecule has 1 aliphatic heterocycles. The molecule has 2 heterocycles.